The summed E-state index contributed by atoms with van der Waals surface area (Å²) >= 11 is 0. The Morgan fingerprint density at radius 3 is 2.26 bits per heavy atom. The number of hydrogen-bond donors (Lipinski definition) is 1. The van der Waals surface area contributed by atoms with Gasteiger partial charge in [0.2, 0.25) is 0 Å². The Bertz CT molecular complexity index is 562. The third kappa shape index (κ3) is 3.89. The van der Waals surface area contributed by atoms with Crippen LogP contribution in [-0.4, -0.2) is 38.4 Å². The van der Waals surface area contributed by atoms with Gasteiger partial charge in [0.1, 0.15) is 11.5 Å². The summed E-state index contributed by atoms with van der Waals surface area (Å²) in [5.41, 5.74) is 1.03. The molecular weight excluding hydrogens is 294 g/mol. The Hall–Kier alpha value is -1.91. The monoisotopic (exact) mass is 321 g/mol. The van der Waals surface area contributed by atoms with E-state index in [1.807, 2.05) is 12.1 Å². The van der Waals surface area contributed by atoms with Crippen LogP contribution in [0.2, 0.25) is 0 Å². The van der Waals surface area contributed by atoms with Crippen LogP contribution in [0.4, 0.5) is 5.69 Å². The molecule has 0 saturated carbocycles. The molecule has 5 nitrogen and oxygen atoms in total. The van der Waals surface area contributed by atoms with Crippen molar-refractivity contribution in [2.24, 2.45) is 5.41 Å². The predicted molar refractivity (Wildman–Crippen MR) is 90.7 cm³/mol. The number of carboxylic acid groups (broad SMARTS) is 1. The fraction of sp³-hybridized carbons (Fsp3) is 0.611. The number of hydrogen-bond acceptors (Lipinski definition) is 4. The van der Waals surface area contributed by atoms with Gasteiger partial charge >= 0.3 is 5.97 Å². The minimum absolute atomic E-state index is 0.391. The standard InChI is InChI=1S/C18H27NO4/c1-18(2,17(20)21)12-13-10-16(23-4)14(11-15(13)22-3)19-8-6-5-7-9-19/h10-11H,5-9,12H2,1-4H3,(H,20,21). The van der Waals surface area contributed by atoms with Gasteiger partial charge in [0.25, 0.3) is 0 Å². The zero-order chi connectivity index (χ0) is 17.0. The lowest BCUT2D eigenvalue weighted by molar-refractivity contribution is -0.146. The molecule has 128 valence electrons. The molecular formula is C18H27NO4. The Balaban J connectivity index is 2.39. The second-order valence-electron chi connectivity index (χ2n) is 6.75. The number of methoxy groups -OCH3 is 2. The lowest BCUT2D eigenvalue weighted by Gasteiger charge is -2.31. The van der Waals surface area contributed by atoms with Crippen molar-refractivity contribution in [3.05, 3.63) is 17.7 Å². The molecule has 2 rings (SSSR count). The molecule has 0 spiro atoms. The molecule has 0 unspecified atom stereocenters. The number of piperidine rings is 1. The SMILES string of the molecule is COc1cc(N2CCCCC2)c(OC)cc1CC(C)(C)C(=O)O. The number of carbonyl (C=O) groups is 1. The molecule has 0 aliphatic carbocycles. The summed E-state index contributed by atoms with van der Waals surface area (Å²) in [5.74, 6) is 0.684. The average Bonchev–Trinajstić information content (AvgIpc) is 2.54. The quantitative estimate of drug-likeness (QED) is 0.871. The number of ether oxygens (including phenoxy) is 2. The van der Waals surface area contributed by atoms with Gasteiger partial charge in [-0.25, -0.2) is 0 Å². The van der Waals surface area contributed by atoms with Crippen LogP contribution in [0, 0.1) is 5.41 Å². The molecule has 1 N–H and O–H groups in total. The third-order valence-electron chi connectivity index (χ3n) is 4.49. The summed E-state index contributed by atoms with van der Waals surface area (Å²) in [6.45, 7) is 5.47. The van der Waals surface area contributed by atoms with Crippen molar-refractivity contribution in [3.8, 4) is 11.5 Å². The molecule has 1 aromatic carbocycles. The highest BCUT2D eigenvalue weighted by molar-refractivity contribution is 5.74. The second kappa shape index (κ2) is 7.11. The van der Waals surface area contributed by atoms with Gasteiger partial charge in [-0.05, 0) is 51.2 Å². The van der Waals surface area contributed by atoms with E-state index in [0.717, 1.165) is 35.8 Å². The van der Waals surface area contributed by atoms with Crippen LogP contribution < -0.4 is 14.4 Å². The normalized spacial score (nSPS) is 15.4. The van der Waals surface area contributed by atoms with Gasteiger partial charge in [0.05, 0.1) is 25.3 Å². The Morgan fingerprint density at radius 1 is 1.13 bits per heavy atom. The van der Waals surface area contributed by atoms with Crippen LogP contribution in [-0.2, 0) is 11.2 Å². The van der Waals surface area contributed by atoms with Crippen molar-refractivity contribution in [1.82, 2.24) is 0 Å². The van der Waals surface area contributed by atoms with E-state index in [1.165, 1.54) is 19.3 Å². The van der Waals surface area contributed by atoms with Crippen molar-refractivity contribution in [2.75, 3.05) is 32.2 Å². The lowest BCUT2D eigenvalue weighted by atomic mass is 9.85. The van der Waals surface area contributed by atoms with E-state index in [0.29, 0.717) is 6.42 Å². The largest absolute Gasteiger partial charge is 0.496 e. The van der Waals surface area contributed by atoms with E-state index in [2.05, 4.69) is 4.90 Å². The summed E-state index contributed by atoms with van der Waals surface area (Å²) in [5, 5.41) is 9.37. The number of anilines is 1. The van der Waals surface area contributed by atoms with E-state index in [4.69, 9.17) is 9.47 Å². The maximum Gasteiger partial charge on any atom is 0.309 e. The third-order valence-corrected chi connectivity index (χ3v) is 4.49. The molecule has 0 amide bonds. The smallest absolute Gasteiger partial charge is 0.309 e. The Morgan fingerprint density at radius 2 is 1.74 bits per heavy atom. The van der Waals surface area contributed by atoms with E-state index >= 15 is 0 Å². The van der Waals surface area contributed by atoms with E-state index in [9.17, 15) is 9.90 Å². The fourth-order valence-electron chi connectivity index (χ4n) is 3.02. The van der Waals surface area contributed by atoms with Crippen molar-refractivity contribution >= 4 is 11.7 Å². The first-order valence-corrected chi connectivity index (χ1v) is 8.12. The molecule has 0 aromatic heterocycles. The predicted octanol–water partition coefficient (Wildman–Crippen LogP) is 3.35. The first kappa shape index (κ1) is 17.4. The van der Waals surface area contributed by atoms with Crippen LogP contribution >= 0.6 is 0 Å². The highest BCUT2D eigenvalue weighted by Crippen LogP contribution is 2.39. The van der Waals surface area contributed by atoms with E-state index in [-0.39, 0.29) is 0 Å². The topological polar surface area (TPSA) is 59.0 Å². The molecule has 0 bridgehead atoms. The number of carboxylic acids is 1. The summed E-state index contributed by atoms with van der Waals surface area (Å²) in [7, 11) is 3.28. The Kier molecular flexibility index (Phi) is 5.39. The highest BCUT2D eigenvalue weighted by atomic mass is 16.5. The molecule has 0 atom stereocenters. The molecule has 1 aromatic rings. The van der Waals surface area contributed by atoms with Crippen molar-refractivity contribution < 1.29 is 19.4 Å². The second-order valence-corrected chi connectivity index (χ2v) is 6.75. The van der Waals surface area contributed by atoms with E-state index in [1.54, 1.807) is 28.1 Å². The van der Waals surface area contributed by atoms with Crippen molar-refractivity contribution in [1.29, 1.82) is 0 Å². The number of nitrogens with zero attached hydrogens (tertiary/aromatic N) is 1. The lowest BCUT2D eigenvalue weighted by Crippen LogP contribution is -2.30. The molecule has 1 fully saturated rings. The van der Waals surface area contributed by atoms with E-state index < -0.39 is 11.4 Å². The van der Waals surface area contributed by atoms with Crippen LogP contribution in [0.1, 0.15) is 38.7 Å². The van der Waals surface area contributed by atoms with Crippen LogP contribution in [0.3, 0.4) is 0 Å². The Labute approximate surface area is 138 Å². The maximum absolute atomic E-state index is 11.4. The summed E-state index contributed by atoms with van der Waals surface area (Å²) in [4.78, 5) is 13.7. The first-order chi connectivity index (χ1) is 10.9. The first-order valence-electron chi connectivity index (χ1n) is 8.12. The maximum atomic E-state index is 11.4. The van der Waals surface area contributed by atoms with Crippen molar-refractivity contribution in [3.63, 3.8) is 0 Å². The average molecular weight is 321 g/mol. The van der Waals surface area contributed by atoms with Crippen LogP contribution in [0.25, 0.3) is 0 Å². The number of benzene rings is 1. The number of rotatable bonds is 6. The van der Waals surface area contributed by atoms with Gasteiger partial charge in [0.15, 0.2) is 0 Å². The van der Waals surface area contributed by atoms with Gasteiger partial charge in [0, 0.05) is 19.2 Å². The van der Waals surface area contributed by atoms with Gasteiger partial charge in [-0.1, -0.05) is 0 Å². The summed E-state index contributed by atoms with van der Waals surface area (Å²) in [6, 6.07) is 3.91. The molecule has 5 heteroatoms. The van der Waals surface area contributed by atoms with Crippen molar-refractivity contribution in [2.45, 2.75) is 39.5 Å². The highest BCUT2D eigenvalue weighted by Gasteiger charge is 2.30. The molecule has 1 aliphatic rings. The summed E-state index contributed by atoms with van der Waals surface area (Å²) in [6.07, 6.45) is 4.02. The minimum Gasteiger partial charge on any atom is -0.496 e. The molecule has 0 radical (unpaired) electrons. The summed E-state index contributed by atoms with van der Waals surface area (Å²) < 4.78 is 11.1. The van der Waals surface area contributed by atoms with Gasteiger partial charge in [-0.2, -0.15) is 0 Å². The zero-order valence-corrected chi connectivity index (χ0v) is 14.5. The van der Waals surface area contributed by atoms with Gasteiger partial charge < -0.3 is 19.5 Å². The molecule has 1 heterocycles. The molecule has 1 saturated heterocycles. The van der Waals surface area contributed by atoms with Crippen LogP contribution in [0.5, 0.6) is 11.5 Å². The van der Waals surface area contributed by atoms with Gasteiger partial charge in [-0.15, -0.1) is 0 Å². The van der Waals surface area contributed by atoms with Gasteiger partial charge in [-0.3, -0.25) is 4.79 Å². The zero-order valence-electron chi connectivity index (χ0n) is 14.5. The van der Waals surface area contributed by atoms with Crippen LogP contribution in [0.15, 0.2) is 12.1 Å². The molecule has 23 heavy (non-hydrogen) atoms. The fourth-order valence-corrected chi connectivity index (χ4v) is 3.02. The minimum atomic E-state index is -0.856. The molecule has 1 aliphatic heterocycles. The number of aliphatic carboxylic acids is 1.